The zero-order chi connectivity index (χ0) is 10.2. The molecule has 0 spiro atoms. The van der Waals surface area contributed by atoms with Gasteiger partial charge in [0.1, 0.15) is 0 Å². The highest BCUT2D eigenvalue weighted by Gasteiger charge is 1.91. The predicted octanol–water partition coefficient (Wildman–Crippen LogP) is 3.13. The standard InChI is InChI=1S/C13H19N/c1-12(2)7-6-10-14-11-13-8-4-3-5-9-13/h3-5,8-9,14H,1,6-7,10-11H2,2H3. The third kappa shape index (κ3) is 4.83. The minimum absolute atomic E-state index is 0.969. The maximum Gasteiger partial charge on any atom is 0.0205 e. The van der Waals surface area contributed by atoms with Crippen LogP contribution >= 0.6 is 0 Å². The number of nitrogens with one attached hydrogen (secondary N) is 1. The molecule has 1 aromatic carbocycles. The normalized spacial score (nSPS) is 10.1. The molecule has 0 fully saturated rings. The van der Waals surface area contributed by atoms with Crippen molar-refractivity contribution in [3.05, 3.63) is 48.0 Å². The molecular formula is C13H19N. The molecule has 0 bridgehead atoms. The van der Waals surface area contributed by atoms with E-state index in [2.05, 4.69) is 43.1 Å². The van der Waals surface area contributed by atoms with Gasteiger partial charge in [-0.05, 0) is 31.9 Å². The Labute approximate surface area is 86.8 Å². The van der Waals surface area contributed by atoms with E-state index in [0.717, 1.165) is 19.5 Å². The molecule has 1 aromatic rings. The number of hydrogen-bond donors (Lipinski definition) is 1. The summed E-state index contributed by atoms with van der Waals surface area (Å²) in [6, 6.07) is 10.5. The highest BCUT2D eigenvalue weighted by molar-refractivity contribution is 5.14. The van der Waals surface area contributed by atoms with Crippen LogP contribution in [0.3, 0.4) is 0 Å². The summed E-state index contributed by atoms with van der Waals surface area (Å²) in [5.74, 6) is 0. The van der Waals surface area contributed by atoms with Crippen molar-refractivity contribution in [1.29, 1.82) is 0 Å². The van der Waals surface area contributed by atoms with E-state index in [-0.39, 0.29) is 0 Å². The van der Waals surface area contributed by atoms with Crippen LogP contribution in [0.1, 0.15) is 25.3 Å². The molecule has 0 saturated carbocycles. The fourth-order valence-electron chi connectivity index (χ4n) is 1.34. The fourth-order valence-corrected chi connectivity index (χ4v) is 1.34. The summed E-state index contributed by atoms with van der Waals surface area (Å²) in [6.07, 6.45) is 2.31. The van der Waals surface area contributed by atoms with E-state index in [0.29, 0.717) is 0 Å². The smallest absolute Gasteiger partial charge is 0.0205 e. The molecule has 0 atom stereocenters. The van der Waals surface area contributed by atoms with E-state index in [4.69, 9.17) is 0 Å². The third-order valence-corrected chi connectivity index (χ3v) is 2.13. The molecule has 0 amide bonds. The van der Waals surface area contributed by atoms with Gasteiger partial charge in [0.25, 0.3) is 0 Å². The summed E-state index contributed by atoms with van der Waals surface area (Å²) >= 11 is 0. The SMILES string of the molecule is C=C(C)CCCNCc1ccccc1. The Kier molecular flexibility index (Phi) is 5.02. The zero-order valence-electron chi connectivity index (χ0n) is 8.92. The van der Waals surface area contributed by atoms with Gasteiger partial charge >= 0.3 is 0 Å². The first-order valence-corrected chi connectivity index (χ1v) is 5.18. The average Bonchev–Trinajstić information content (AvgIpc) is 2.18. The Balaban J connectivity index is 2.08. The second-order valence-electron chi connectivity index (χ2n) is 3.72. The Morgan fingerprint density at radius 2 is 2.00 bits per heavy atom. The highest BCUT2D eigenvalue weighted by Crippen LogP contribution is 2.00. The largest absolute Gasteiger partial charge is 0.313 e. The summed E-state index contributed by atoms with van der Waals surface area (Å²) in [4.78, 5) is 0. The average molecular weight is 189 g/mol. The molecular weight excluding hydrogens is 170 g/mol. The van der Waals surface area contributed by atoms with Gasteiger partial charge in [-0.15, -0.1) is 6.58 Å². The Morgan fingerprint density at radius 3 is 2.64 bits per heavy atom. The molecule has 14 heavy (non-hydrogen) atoms. The van der Waals surface area contributed by atoms with Gasteiger partial charge < -0.3 is 5.32 Å². The van der Waals surface area contributed by atoms with Crippen molar-refractivity contribution in [2.75, 3.05) is 6.54 Å². The summed E-state index contributed by atoms with van der Waals surface area (Å²) < 4.78 is 0. The van der Waals surface area contributed by atoms with Crippen LogP contribution in [-0.4, -0.2) is 6.54 Å². The van der Waals surface area contributed by atoms with Crippen LogP contribution in [0.2, 0.25) is 0 Å². The van der Waals surface area contributed by atoms with E-state index in [1.165, 1.54) is 17.6 Å². The molecule has 0 aromatic heterocycles. The van der Waals surface area contributed by atoms with Crippen molar-refractivity contribution >= 4 is 0 Å². The molecule has 0 saturated heterocycles. The molecule has 0 aliphatic rings. The monoisotopic (exact) mass is 189 g/mol. The van der Waals surface area contributed by atoms with Crippen LogP contribution in [0, 0.1) is 0 Å². The van der Waals surface area contributed by atoms with Gasteiger partial charge in [-0.2, -0.15) is 0 Å². The first-order chi connectivity index (χ1) is 6.79. The van der Waals surface area contributed by atoms with Gasteiger partial charge in [0.2, 0.25) is 0 Å². The van der Waals surface area contributed by atoms with Crippen molar-refractivity contribution in [2.45, 2.75) is 26.3 Å². The zero-order valence-corrected chi connectivity index (χ0v) is 8.92. The fraction of sp³-hybridized carbons (Fsp3) is 0.385. The molecule has 0 aliphatic carbocycles. The van der Waals surface area contributed by atoms with Gasteiger partial charge in [-0.3, -0.25) is 0 Å². The minimum atomic E-state index is 0.969. The quantitative estimate of drug-likeness (QED) is 0.535. The topological polar surface area (TPSA) is 12.0 Å². The lowest BCUT2D eigenvalue weighted by Gasteiger charge is -2.04. The molecule has 76 valence electrons. The van der Waals surface area contributed by atoms with Gasteiger partial charge in [-0.1, -0.05) is 35.9 Å². The van der Waals surface area contributed by atoms with E-state index in [1.807, 2.05) is 6.07 Å². The second-order valence-corrected chi connectivity index (χ2v) is 3.72. The first-order valence-electron chi connectivity index (χ1n) is 5.18. The van der Waals surface area contributed by atoms with Crippen LogP contribution in [0.15, 0.2) is 42.5 Å². The molecule has 0 unspecified atom stereocenters. The summed E-state index contributed by atoms with van der Waals surface area (Å²) in [5, 5.41) is 3.42. The molecule has 0 aliphatic heterocycles. The molecule has 1 heteroatoms. The molecule has 1 N–H and O–H groups in total. The molecule has 0 heterocycles. The van der Waals surface area contributed by atoms with E-state index in [1.54, 1.807) is 0 Å². The van der Waals surface area contributed by atoms with Crippen molar-refractivity contribution < 1.29 is 0 Å². The molecule has 1 rings (SSSR count). The van der Waals surface area contributed by atoms with Gasteiger partial charge in [0.05, 0.1) is 0 Å². The van der Waals surface area contributed by atoms with Crippen LogP contribution < -0.4 is 5.32 Å². The molecule has 0 radical (unpaired) electrons. The Morgan fingerprint density at radius 1 is 1.29 bits per heavy atom. The molecule has 1 nitrogen and oxygen atoms in total. The maximum atomic E-state index is 3.88. The van der Waals surface area contributed by atoms with Crippen molar-refractivity contribution in [1.82, 2.24) is 5.32 Å². The summed E-state index contributed by atoms with van der Waals surface area (Å²) in [5.41, 5.74) is 2.62. The van der Waals surface area contributed by atoms with E-state index < -0.39 is 0 Å². The number of rotatable bonds is 6. The highest BCUT2D eigenvalue weighted by atomic mass is 14.8. The Hall–Kier alpha value is -1.08. The lowest BCUT2D eigenvalue weighted by atomic mass is 10.2. The van der Waals surface area contributed by atoms with Crippen LogP contribution in [0.5, 0.6) is 0 Å². The van der Waals surface area contributed by atoms with Gasteiger partial charge in [0.15, 0.2) is 0 Å². The van der Waals surface area contributed by atoms with Crippen LogP contribution in [-0.2, 0) is 6.54 Å². The van der Waals surface area contributed by atoms with Crippen LogP contribution in [0.4, 0.5) is 0 Å². The second kappa shape index (κ2) is 6.39. The lowest BCUT2D eigenvalue weighted by molar-refractivity contribution is 0.648. The van der Waals surface area contributed by atoms with Crippen molar-refractivity contribution in [3.63, 3.8) is 0 Å². The van der Waals surface area contributed by atoms with Crippen molar-refractivity contribution in [3.8, 4) is 0 Å². The summed E-state index contributed by atoms with van der Waals surface area (Å²) in [6.45, 7) is 8.00. The third-order valence-electron chi connectivity index (χ3n) is 2.13. The maximum absolute atomic E-state index is 3.88. The van der Waals surface area contributed by atoms with Crippen molar-refractivity contribution in [2.24, 2.45) is 0 Å². The van der Waals surface area contributed by atoms with E-state index >= 15 is 0 Å². The number of benzene rings is 1. The van der Waals surface area contributed by atoms with E-state index in [9.17, 15) is 0 Å². The number of allylic oxidation sites excluding steroid dienone is 1. The minimum Gasteiger partial charge on any atom is -0.313 e. The van der Waals surface area contributed by atoms with Crippen LogP contribution in [0.25, 0.3) is 0 Å². The van der Waals surface area contributed by atoms with Gasteiger partial charge in [-0.25, -0.2) is 0 Å². The summed E-state index contributed by atoms with van der Waals surface area (Å²) in [7, 11) is 0. The number of hydrogen-bond acceptors (Lipinski definition) is 1. The van der Waals surface area contributed by atoms with Gasteiger partial charge in [0, 0.05) is 6.54 Å². The predicted molar refractivity (Wildman–Crippen MR) is 62.2 cm³/mol. The Bertz CT molecular complexity index is 264. The lowest BCUT2D eigenvalue weighted by Crippen LogP contribution is -2.14. The first kappa shape index (κ1) is 11.0.